The molecule has 0 bridgehead atoms. The smallest absolute Gasteiger partial charge is 0.228 e. The zero-order chi connectivity index (χ0) is 27.5. The summed E-state index contributed by atoms with van der Waals surface area (Å²) in [6, 6.07) is 13.8. The van der Waals surface area contributed by atoms with E-state index in [-0.39, 0.29) is 29.3 Å². The molecule has 0 radical (unpaired) electrons. The van der Waals surface area contributed by atoms with Crippen LogP contribution in [0.2, 0.25) is 0 Å². The van der Waals surface area contributed by atoms with Gasteiger partial charge in [0.2, 0.25) is 11.4 Å². The summed E-state index contributed by atoms with van der Waals surface area (Å²) in [5, 5.41) is 5.08. The fourth-order valence-electron chi connectivity index (χ4n) is 4.78. The molecule has 0 aliphatic heterocycles. The Morgan fingerprint density at radius 1 is 0.875 bits per heavy atom. The number of hydrogen-bond donors (Lipinski definition) is 1. The maximum absolute atomic E-state index is 12.9. The number of nitrogens with one attached hydrogen (secondary N) is 1. The van der Waals surface area contributed by atoms with Crippen LogP contribution in [0.4, 0.5) is 5.69 Å². The molecule has 1 heterocycles. The van der Waals surface area contributed by atoms with Crippen molar-refractivity contribution in [2.45, 2.75) is 96.9 Å². The summed E-state index contributed by atoms with van der Waals surface area (Å²) in [6.07, 6.45) is 18.0. The van der Waals surface area contributed by atoms with Crippen molar-refractivity contribution in [3.05, 3.63) is 70.7 Å². The molecule has 1 N–H and O–H groups in total. The average Bonchev–Trinajstić information content (AvgIpc) is 3.46. The second-order valence-corrected chi connectivity index (χ2v) is 11.1. The normalized spacial score (nSPS) is 10.7. The Morgan fingerprint density at radius 3 is 2.12 bits per heavy atom. The van der Waals surface area contributed by atoms with E-state index in [0.717, 1.165) is 24.2 Å². The zero-order valence-electron chi connectivity index (χ0n) is 24.3. The Hall–Kier alpha value is -2.38. The van der Waals surface area contributed by atoms with Crippen LogP contribution in [0.1, 0.15) is 95.1 Å². The Labute approximate surface area is 256 Å². The van der Waals surface area contributed by atoms with Gasteiger partial charge in [-0.05, 0) is 24.6 Å². The van der Waals surface area contributed by atoms with Crippen molar-refractivity contribution < 1.29 is 35.8 Å². The van der Waals surface area contributed by atoms with Crippen LogP contribution < -0.4 is 36.3 Å². The van der Waals surface area contributed by atoms with Gasteiger partial charge in [0.05, 0.1) is 25.5 Å². The first-order valence-corrected chi connectivity index (χ1v) is 15.7. The third-order valence-electron chi connectivity index (χ3n) is 7.01. The van der Waals surface area contributed by atoms with Gasteiger partial charge in [0.1, 0.15) is 0 Å². The SMILES string of the molecule is CCCCCCCCCCCCCCOc1c(CC(=O)Nc2ccc(C[n+]3ccsc3)cc2)cccc1OC.[Br-]. The molecule has 3 aromatic rings. The molecule has 5 nitrogen and oxygen atoms in total. The molecule has 220 valence electrons. The number of halogens is 1. The van der Waals surface area contributed by atoms with E-state index in [9.17, 15) is 4.79 Å². The van der Waals surface area contributed by atoms with Crippen LogP contribution >= 0.6 is 11.3 Å². The van der Waals surface area contributed by atoms with E-state index in [0.29, 0.717) is 18.1 Å². The van der Waals surface area contributed by atoms with Crippen LogP contribution in [0.3, 0.4) is 0 Å². The molecule has 2 aromatic carbocycles. The molecule has 3 rings (SSSR count). The van der Waals surface area contributed by atoms with Crippen molar-refractivity contribution in [3.8, 4) is 11.5 Å². The number of carbonyl (C=O) groups is 1. The number of nitrogens with zero attached hydrogens (tertiary/aromatic N) is 1. The third-order valence-corrected chi connectivity index (χ3v) is 7.68. The van der Waals surface area contributed by atoms with E-state index in [1.807, 2.05) is 30.3 Å². The fourth-order valence-corrected chi connectivity index (χ4v) is 5.37. The van der Waals surface area contributed by atoms with Crippen LogP contribution in [0.25, 0.3) is 0 Å². The highest BCUT2D eigenvalue weighted by Gasteiger charge is 2.14. The lowest BCUT2D eigenvalue weighted by Gasteiger charge is -2.15. The highest BCUT2D eigenvalue weighted by molar-refractivity contribution is 7.07. The Morgan fingerprint density at radius 2 is 1.52 bits per heavy atom. The van der Waals surface area contributed by atoms with Gasteiger partial charge in [0, 0.05) is 16.8 Å². The van der Waals surface area contributed by atoms with Crippen molar-refractivity contribution in [2.75, 3.05) is 19.0 Å². The minimum absolute atomic E-state index is 0. The standard InChI is InChI=1S/C33H46N2O3S.BrH/c1-3-4-5-6-7-8-9-10-11-12-13-14-23-38-33-29(16-15-17-31(33)37-2)25-32(36)34-30-20-18-28(19-21-30)26-35-22-24-39-27-35;/h15-22,24,27H,3-14,23,25-26H2,1-2H3;1H. The predicted octanol–water partition coefficient (Wildman–Crippen LogP) is 5.36. The molecule has 0 unspecified atom stereocenters. The van der Waals surface area contributed by atoms with Gasteiger partial charge in [-0.25, -0.2) is 0 Å². The molecule has 0 fully saturated rings. The fraction of sp³-hybridized carbons (Fsp3) is 0.515. The highest BCUT2D eigenvalue weighted by Crippen LogP contribution is 2.32. The largest absolute Gasteiger partial charge is 1.00 e. The average molecular weight is 632 g/mol. The van der Waals surface area contributed by atoms with E-state index in [4.69, 9.17) is 9.47 Å². The minimum Gasteiger partial charge on any atom is -1.00 e. The number of benzene rings is 2. The van der Waals surface area contributed by atoms with Crippen molar-refractivity contribution in [1.29, 1.82) is 0 Å². The quantitative estimate of drug-likeness (QED) is 0.135. The zero-order valence-corrected chi connectivity index (χ0v) is 26.7. The molecule has 0 aliphatic carbocycles. The number of rotatable bonds is 20. The first kappa shape index (κ1) is 33.8. The monoisotopic (exact) mass is 630 g/mol. The second-order valence-electron chi connectivity index (χ2n) is 10.3. The van der Waals surface area contributed by atoms with Crippen molar-refractivity contribution >= 4 is 22.9 Å². The van der Waals surface area contributed by atoms with Gasteiger partial charge in [0.25, 0.3) is 0 Å². The number of aromatic nitrogens is 1. The lowest BCUT2D eigenvalue weighted by atomic mass is 10.1. The number of carbonyl (C=O) groups excluding carboxylic acids is 1. The number of unbranched alkanes of at least 4 members (excludes halogenated alkanes) is 11. The summed E-state index contributed by atoms with van der Waals surface area (Å²) < 4.78 is 13.8. The number of thiazole rings is 1. The summed E-state index contributed by atoms with van der Waals surface area (Å²) in [7, 11) is 1.64. The minimum atomic E-state index is -0.0709. The summed E-state index contributed by atoms with van der Waals surface area (Å²) in [5.74, 6) is 1.29. The van der Waals surface area contributed by atoms with Gasteiger partial charge in [-0.1, -0.05) is 113 Å². The van der Waals surface area contributed by atoms with E-state index in [1.165, 1.54) is 76.2 Å². The molecule has 0 atom stereocenters. The molecular weight excluding hydrogens is 584 g/mol. The molecule has 0 saturated heterocycles. The molecule has 0 aliphatic rings. The number of methoxy groups -OCH3 is 1. The van der Waals surface area contributed by atoms with Crippen molar-refractivity contribution in [2.24, 2.45) is 0 Å². The number of hydrogen-bond acceptors (Lipinski definition) is 4. The molecule has 0 saturated carbocycles. The van der Waals surface area contributed by atoms with E-state index in [2.05, 4.69) is 46.0 Å². The molecule has 1 amide bonds. The van der Waals surface area contributed by atoms with Crippen molar-refractivity contribution in [3.63, 3.8) is 0 Å². The molecular formula is C33H47BrN2O3S. The van der Waals surface area contributed by atoms with Gasteiger partial charge in [0.15, 0.2) is 24.2 Å². The number of amides is 1. The van der Waals surface area contributed by atoms with Gasteiger partial charge in [-0.15, -0.1) is 0 Å². The number of anilines is 1. The highest BCUT2D eigenvalue weighted by atomic mass is 79.9. The number of ether oxygens (including phenoxy) is 2. The van der Waals surface area contributed by atoms with Gasteiger partial charge in [-0.3, -0.25) is 4.79 Å². The summed E-state index contributed by atoms with van der Waals surface area (Å²) in [5.41, 5.74) is 4.91. The first-order chi connectivity index (χ1) is 19.2. The number of para-hydroxylation sites is 1. The summed E-state index contributed by atoms with van der Waals surface area (Å²) in [6.45, 7) is 3.73. The predicted molar refractivity (Wildman–Crippen MR) is 162 cm³/mol. The van der Waals surface area contributed by atoms with E-state index < -0.39 is 0 Å². The maximum Gasteiger partial charge on any atom is 0.228 e. The van der Waals surface area contributed by atoms with Gasteiger partial charge in [-0.2, -0.15) is 4.57 Å². The van der Waals surface area contributed by atoms with E-state index in [1.54, 1.807) is 18.4 Å². The first-order valence-electron chi connectivity index (χ1n) is 14.8. The van der Waals surface area contributed by atoms with Gasteiger partial charge < -0.3 is 31.8 Å². The molecule has 1 aromatic heterocycles. The van der Waals surface area contributed by atoms with Crippen LogP contribution in [-0.2, 0) is 17.8 Å². The Balaban J connectivity index is 0.00000560. The van der Waals surface area contributed by atoms with Crippen LogP contribution in [0.15, 0.2) is 59.6 Å². The Bertz CT molecular complexity index is 1070. The molecule has 40 heavy (non-hydrogen) atoms. The lowest BCUT2D eigenvalue weighted by Crippen LogP contribution is -3.00. The van der Waals surface area contributed by atoms with Gasteiger partial charge >= 0.3 is 0 Å². The van der Waals surface area contributed by atoms with E-state index >= 15 is 0 Å². The Kier molecular flexibility index (Phi) is 17.3. The van der Waals surface area contributed by atoms with Crippen LogP contribution in [-0.4, -0.2) is 19.6 Å². The van der Waals surface area contributed by atoms with Crippen LogP contribution in [0, 0.1) is 0 Å². The molecule has 0 spiro atoms. The lowest BCUT2D eigenvalue weighted by molar-refractivity contribution is -0.683. The van der Waals surface area contributed by atoms with Crippen molar-refractivity contribution in [1.82, 2.24) is 0 Å². The second kappa shape index (κ2) is 20.5. The summed E-state index contributed by atoms with van der Waals surface area (Å²) >= 11 is 1.67. The topological polar surface area (TPSA) is 51.4 Å². The summed E-state index contributed by atoms with van der Waals surface area (Å²) in [4.78, 5) is 12.9. The molecule has 7 heteroatoms. The third kappa shape index (κ3) is 12.9. The van der Waals surface area contributed by atoms with Crippen LogP contribution in [0.5, 0.6) is 11.5 Å². The maximum atomic E-state index is 12.9.